The summed E-state index contributed by atoms with van der Waals surface area (Å²) in [6.07, 6.45) is 1.47. The minimum atomic E-state index is -0.384. The van der Waals surface area contributed by atoms with Crippen LogP contribution in [0.1, 0.15) is 11.1 Å². The SMILES string of the molecule is [CH2]C=C(c1ccccc1F)c1ccccc1F. The first-order chi connectivity index (χ1) is 8.24. The van der Waals surface area contributed by atoms with E-state index in [0.717, 1.165) is 0 Å². The molecule has 0 spiro atoms. The van der Waals surface area contributed by atoms with Crippen LogP contribution in [0.2, 0.25) is 0 Å². The standard InChI is InChI=1S/C15H11F2/c1-2-11(12-7-3-5-9-14(12)16)13-8-4-6-10-15(13)17/h2-10H,1H2. The largest absolute Gasteiger partial charge is 0.206 e. The van der Waals surface area contributed by atoms with Gasteiger partial charge in [0.25, 0.3) is 0 Å². The molecule has 85 valence electrons. The Morgan fingerprint density at radius 2 is 1.24 bits per heavy atom. The van der Waals surface area contributed by atoms with E-state index in [1.54, 1.807) is 36.4 Å². The van der Waals surface area contributed by atoms with E-state index >= 15 is 0 Å². The van der Waals surface area contributed by atoms with Crippen LogP contribution in [0.3, 0.4) is 0 Å². The number of rotatable bonds is 2. The highest BCUT2D eigenvalue weighted by Gasteiger charge is 2.11. The molecule has 0 saturated heterocycles. The number of benzene rings is 2. The molecule has 0 nitrogen and oxygen atoms in total. The Bertz CT molecular complexity index is 509. The van der Waals surface area contributed by atoms with Gasteiger partial charge in [-0.2, -0.15) is 0 Å². The van der Waals surface area contributed by atoms with Crippen molar-refractivity contribution in [1.29, 1.82) is 0 Å². The van der Waals surface area contributed by atoms with Crippen molar-refractivity contribution in [3.63, 3.8) is 0 Å². The Kier molecular flexibility index (Phi) is 3.33. The highest BCUT2D eigenvalue weighted by atomic mass is 19.1. The second-order valence-electron chi connectivity index (χ2n) is 3.58. The van der Waals surface area contributed by atoms with Gasteiger partial charge in [-0.15, -0.1) is 0 Å². The molecule has 17 heavy (non-hydrogen) atoms. The lowest BCUT2D eigenvalue weighted by Crippen LogP contribution is -1.94. The average Bonchev–Trinajstić information content (AvgIpc) is 2.34. The quantitative estimate of drug-likeness (QED) is 0.722. The van der Waals surface area contributed by atoms with Gasteiger partial charge in [-0.3, -0.25) is 0 Å². The predicted octanol–water partition coefficient (Wildman–Crippen LogP) is 4.23. The highest BCUT2D eigenvalue weighted by molar-refractivity contribution is 5.80. The first-order valence-electron chi connectivity index (χ1n) is 5.23. The molecule has 0 atom stereocenters. The van der Waals surface area contributed by atoms with Crippen molar-refractivity contribution in [3.8, 4) is 0 Å². The van der Waals surface area contributed by atoms with E-state index in [0.29, 0.717) is 16.7 Å². The molecule has 0 fully saturated rings. The van der Waals surface area contributed by atoms with Crippen molar-refractivity contribution in [2.24, 2.45) is 0 Å². The molecule has 0 aromatic heterocycles. The van der Waals surface area contributed by atoms with Gasteiger partial charge in [-0.25, -0.2) is 8.78 Å². The molecule has 2 aromatic rings. The van der Waals surface area contributed by atoms with Crippen molar-refractivity contribution in [3.05, 3.63) is 84.3 Å². The number of hydrogen-bond acceptors (Lipinski definition) is 0. The van der Waals surface area contributed by atoms with E-state index in [1.807, 2.05) is 0 Å². The lowest BCUT2D eigenvalue weighted by atomic mass is 9.97. The van der Waals surface area contributed by atoms with Crippen LogP contribution in [0.15, 0.2) is 54.6 Å². The van der Waals surface area contributed by atoms with Crippen LogP contribution in [0, 0.1) is 18.6 Å². The number of halogens is 2. The molecule has 0 amide bonds. The molecule has 0 saturated carbocycles. The van der Waals surface area contributed by atoms with E-state index in [9.17, 15) is 8.78 Å². The third-order valence-corrected chi connectivity index (χ3v) is 2.53. The van der Waals surface area contributed by atoms with Crippen molar-refractivity contribution >= 4 is 5.57 Å². The summed E-state index contributed by atoms with van der Waals surface area (Å²) in [5.74, 6) is -0.767. The molecule has 2 heteroatoms. The van der Waals surface area contributed by atoms with Crippen LogP contribution in [0.25, 0.3) is 5.57 Å². The van der Waals surface area contributed by atoms with Gasteiger partial charge in [-0.05, 0) is 24.6 Å². The topological polar surface area (TPSA) is 0 Å². The Hall–Kier alpha value is -1.96. The average molecular weight is 229 g/mol. The molecule has 0 aliphatic carbocycles. The molecule has 1 radical (unpaired) electrons. The molecular weight excluding hydrogens is 218 g/mol. The maximum absolute atomic E-state index is 13.7. The minimum absolute atomic E-state index is 0.354. The smallest absolute Gasteiger partial charge is 0.131 e. The lowest BCUT2D eigenvalue weighted by Gasteiger charge is -2.09. The fourth-order valence-corrected chi connectivity index (χ4v) is 1.72. The molecular formula is C15H11F2. The Labute approximate surface area is 99.2 Å². The maximum Gasteiger partial charge on any atom is 0.131 e. The van der Waals surface area contributed by atoms with Gasteiger partial charge < -0.3 is 0 Å². The molecule has 0 aliphatic heterocycles. The summed E-state index contributed by atoms with van der Waals surface area (Å²) in [5, 5.41) is 0. The van der Waals surface area contributed by atoms with E-state index in [2.05, 4.69) is 6.92 Å². The van der Waals surface area contributed by atoms with Gasteiger partial charge in [0, 0.05) is 11.1 Å². The van der Waals surface area contributed by atoms with Gasteiger partial charge in [0.15, 0.2) is 0 Å². The Morgan fingerprint density at radius 1 is 0.824 bits per heavy atom. The fourth-order valence-electron chi connectivity index (χ4n) is 1.72. The van der Waals surface area contributed by atoms with Crippen molar-refractivity contribution in [2.45, 2.75) is 0 Å². The van der Waals surface area contributed by atoms with Gasteiger partial charge in [0.2, 0.25) is 0 Å². The summed E-state index contributed by atoms with van der Waals surface area (Å²) in [5.41, 5.74) is 1.17. The van der Waals surface area contributed by atoms with E-state index < -0.39 is 0 Å². The first kappa shape index (κ1) is 11.5. The summed E-state index contributed by atoms with van der Waals surface area (Å²) in [6.45, 7) is 3.63. The predicted molar refractivity (Wildman–Crippen MR) is 65.2 cm³/mol. The third kappa shape index (κ3) is 2.26. The van der Waals surface area contributed by atoms with Gasteiger partial charge in [0.1, 0.15) is 11.6 Å². The fraction of sp³-hybridized carbons (Fsp3) is 0. The van der Waals surface area contributed by atoms with Gasteiger partial charge in [0.05, 0.1) is 0 Å². The van der Waals surface area contributed by atoms with Crippen LogP contribution >= 0.6 is 0 Å². The zero-order chi connectivity index (χ0) is 12.3. The van der Waals surface area contributed by atoms with Gasteiger partial charge in [-0.1, -0.05) is 42.5 Å². The second-order valence-corrected chi connectivity index (χ2v) is 3.58. The molecule has 2 rings (SSSR count). The highest BCUT2D eigenvalue weighted by Crippen LogP contribution is 2.27. The Balaban J connectivity index is 2.57. The molecule has 0 heterocycles. The van der Waals surface area contributed by atoms with Crippen molar-refractivity contribution in [2.75, 3.05) is 0 Å². The van der Waals surface area contributed by atoms with E-state index in [1.165, 1.54) is 18.2 Å². The summed E-state index contributed by atoms with van der Waals surface area (Å²) < 4.78 is 27.3. The van der Waals surface area contributed by atoms with Crippen LogP contribution < -0.4 is 0 Å². The normalized spacial score (nSPS) is 10.1. The van der Waals surface area contributed by atoms with Crippen LogP contribution in [0.4, 0.5) is 8.78 Å². The summed E-state index contributed by atoms with van der Waals surface area (Å²) >= 11 is 0. The maximum atomic E-state index is 13.7. The Morgan fingerprint density at radius 3 is 1.59 bits per heavy atom. The third-order valence-electron chi connectivity index (χ3n) is 2.53. The van der Waals surface area contributed by atoms with Crippen LogP contribution in [-0.4, -0.2) is 0 Å². The van der Waals surface area contributed by atoms with E-state index in [4.69, 9.17) is 0 Å². The molecule has 0 aliphatic rings. The zero-order valence-corrected chi connectivity index (χ0v) is 9.16. The molecule has 0 N–H and O–H groups in total. The lowest BCUT2D eigenvalue weighted by molar-refractivity contribution is 0.618. The molecule has 0 bridgehead atoms. The monoisotopic (exact) mass is 229 g/mol. The minimum Gasteiger partial charge on any atom is -0.206 e. The van der Waals surface area contributed by atoms with Crippen LogP contribution in [-0.2, 0) is 0 Å². The van der Waals surface area contributed by atoms with E-state index in [-0.39, 0.29) is 11.6 Å². The first-order valence-corrected chi connectivity index (χ1v) is 5.23. The summed E-state index contributed by atoms with van der Waals surface area (Å²) in [4.78, 5) is 0. The van der Waals surface area contributed by atoms with Crippen molar-refractivity contribution < 1.29 is 8.78 Å². The molecule has 0 unspecified atom stereocenters. The number of allylic oxidation sites excluding steroid dienone is 1. The summed E-state index contributed by atoms with van der Waals surface area (Å²) in [7, 11) is 0. The second kappa shape index (κ2) is 4.91. The van der Waals surface area contributed by atoms with Crippen molar-refractivity contribution in [1.82, 2.24) is 0 Å². The number of hydrogen-bond donors (Lipinski definition) is 0. The van der Waals surface area contributed by atoms with Crippen LogP contribution in [0.5, 0.6) is 0 Å². The van der Waals surface area contributed by atoms with Gasteiger partial charge >= 0.3 is 0 Å². The molecule has 2 aromatic carbocycles. The summed E-state index contributed by atoms with van der Waals surface area (Å²) in [6, 6.07) is 12.5. The zero-order valence-electron chi connectivity index (χ0n) is 9.16.